The Balaban J connectivity index is 1.68. The molecule has 3 nitrogen and oxygen atoms in total. The first-order chi connectivity index (χ1) is 14.5. The van der Waals surface area contributed by atoms with Gasteiger partial charge in [0.2, 0.25) is 5.69 Å². The van der Waals surface area contributed by atoms with Gasteiger partial charge in [-0.1, -0.05) is 30.4 Å². The zero-order valence-electron chi connectivity index (χ0n) is 17.7. The molecular weight excluding hydrogens is 370 g/mol. The fourth-order valence-electron chi connectivity index (χ4n) is 4.98. The molecule has 0 saturated carbocycles. The summed E-state index contributed by atoms with van der Waals surface area (Å²) in [6, 6.07) is 10.9. The van der Waals surface area contributed by atoms with Crippen molar-refractivity contribution < 1.29 is 13.7 Å². The normalized spacial score (nSPS) is 19.3. The Bertz CT molecular complexity index is 1420. The number of benzene rings is 2. The topological polar surface area (TPSA) is 26.2 Å². The first-order valence-corrected chi connectivity index (χ1v) is 10.5. The molecule has 0 bridgehead atoms. The average Bonchev–Trinajstić information content (AvgIpc) is 3.29. The van der Waals surface area contributed by atoms with Crippen molar-refractivity contribution in [3.8, 4) is 17.0 Å². The number of hydrogen-bond acceptors (Lipinski definition) is 2. The minimum Gasteiger partial charge on any atom is -0.485 e. The Kier molecular flexibility index (Phi) is 3.55. The van der Waals surface area contributed by atoms with Gasteiger partial charge in [-0.25, -0.2) is 4.57 Å². The zero-order chi connectivity index (χ0) is 20.6. The van der Waals surface area contributed by atoms with E-state index in [0.717, 1.165) is 33.3 Å². The van der Waals surface area contributed by atoms with Gasteiger partial charge in [-0.15, -0.1) is 0 Å². The first-order valence-electron chi connectivity index (χ1n) is 10.5. The minimum atomic E-state index is 0.0579. The maximum Gasteiger partial charge on any atom is 0.216 e. The van der Waals surface area contributed by atoms with Gasteiger partial charge >= 0.3 is 0 Å². The summed E-state index contributed by atoms with van der Waals surface area (Å²) in [5.41, 5.74) is 9.20. The van der Waals surface area contributed by atoms with Crippen molar-refractivity contribution >= 4 is 21.9 Å². The summed E-state index contributed by atoms with van der Waals surface area (Å²) in [5, 5.41) is 2.31. The van der Waals surface area contributed by atoms with E-state index in [1.165, 1.54) is 27.9 Å². The molecule has 0 N–H and O–H groups in total. The molecule has 2 aromatic heterocycles. The van der Waals surface area contributed by atoms with Crippen LogP contribution in [0.15, 0.2) is 65.2 Å². The van der Waals surface area contributed by atoms with Crippen LogP contribution in [0.4, 0.5) is 0 Å². The number of aromatic nitrogens is 1. The van der Waals surface area contributed by atoms with Crippen molar-refractivity contribution in [2.75, 3.05) is 0 Å². The summed E-state index contributed by atoms with van der Waals surface area (Å²) in [7, 11) is 2.11. The number of allylic oxidation sites excluding steroid dienone is 2. The molecule has 0 radical (unpaired) electrons. The summed E-state index contributed by atoms with van der Waals surface area (Å²) in [4.78, 5) is 0. The maximum atomic E-state index is 6.68. The first kappa shape index (κ1) is 17.5. The lowest BCUT2D eigenvalue weighted by Crippen LogP contribution is -2.31. The lowest BCUT2D eigenvalue weighted by Gasteiger charge is -2.13. The molecule has 1 aliphatic heterocycles. The van der Waals surface area contributed by atoms with E-state index >= 15 is 0 Å². The third-order valence-corrected chi connectivity index (χ3v) is 6.70. The van der Waals surface area contributed by atoms with Gasteiger partial charge < -0.3 is 9.15 Å². The van der Waals surface area contributed by atoms with Gasteiger partial charge in [0.1, 0.15) is 30.1 Å². The van der Waals surface area contributed by atoms with Crippen molar-refractivity contribution in [3.63, 3.8) is 0 Å². The monoisotopic (exact) mass is 394 g/mol. The van der Waals surface area contributed by atoms with Crippen molar-refractivity contribution in [3.05, 3.63) is 83.1 Å². The van der Waals surface area contributed by atoms with E-state index in [4.69, 9.17) is 9.15 Å². The minimum absolute atomic E-state index is 0.0579. The summed E-state index contributed by atoms with van der Waals surface area (Å²) in [6.45, 7) is 6.48. The Hall–Kier alpha value is -3.33. The van der Waals surface area contributed by atoms with Crippen LogP contribution in [0, 0.1) is 20.8 Å². The molecule has 2 aliphatic rings. The molecule has 2 aromatic carbocycles. The summed E-state index contributed by atoms with van der Waals surface area (Å²) in [5.74, 6) is 1.14. The Morgan fingerprint density at radius 1 is 0.833 bits per heavy atom. The number of ether oxygens (including phenoxy) is 1. The number of hydrogen-bond donors (Lipinski definition) is 0. The van der Waals surface area contributed by atoms with Gasteiger partial charge in [0, 0.05) is 28.0 Å². The predicted octanol–water partition coefficient (Wildman–Crippen LogP) is 5.97. The third-order valence-electron chi connectivity index (χ3n) is 6.70. The molecule has 3 heterocycles. The van der Waals surface area contributed by atoms with Crippen LogP contribution in [0.2, 0.25) is 0 Å². The Morgan fingerprint density at radius 3 is 2.47 bits per heavy atom. The van der Waals surface area contributed by atoms with E-state index in [-0.39, 0.29) is 12.0 Å². The molecule has 0 spiro atoms. The quantitative estimate of drug-likeness (QED) is 0.372. The van der Waals surface area contributed by atoms with Crippen LogP contribution in [0.5, 0.6) is 5.75 Å². The van der Waals surface area contributed by atoms with Gasteiger partial charge in [0.05, 0.1) is 11.5 Å². The number of pyridine rings is 1. The number of rotatable bonds is 1. The van der Waals surface area contributed by atoms with Gasteiger partial charge in [0.25, 0.3) is 0 Å². The summed E-state index contributed by atoms with van der Waals surface area (Å²) in [6.07, 6.45) is 10.8. The number of furan rings is 1. The molecule has 4 aromatic rings. The number of fused-ring (bicyclic) bond motifs is 7. The van der Waals surface area contributed by atoms with E-state index in [2.05, 4.69) is 93.2 Å². The van der Waals surface area contributed by atoms with Crippen LogP contribution in [0.1, 0.15) is 28.2 Å². The second kappa shape index (κ2) is 6.09. The molecular formula is C27H24NO2+. The highest BCUT2D eigenvalue weighted by Crippen LogP contribution is 2.48. The summed E-state index contributed by atoms with van der Waals surface area (Å²) >= 11 is 0. The predicted molar refractivity (Wildman–Crippen MR) is 120 cm³/mol. The van der Waals surface area contributed by atoms with Crippen LogP contribution in [-0.2, 0) is 7.05 Å². The van der Waals surface area contributed by atoms with E-state index in [0.29, 0.717) is 0 Å². The standard InChI is InChI=1S/C27H24NO2/c1-15-9-10-18-19-11-12-23-25(20-7-5-6-8-22(20)29-23)27(19)30-26(18)24(15)21-13-16(2)17(3)14-28(21)4/h5-14,20,22H,1-4H3/q+1. The van der Waals surface area contributed by atoms with Crippen molar-refractivity contribution in [1.29, 1.82) is 0 Å². The second-order valence-electron chi connectivity index (χ2n) is 8.60. The highest BCUT2D eigenvalue weighted by Gasteiger charge is 2.35. The van der Waals surface area contributed by atoms with Crippen molar-refractivity contribution in [1.82, 2.24) is 0 Å². The van der Waals surface area contributed by atoms with Crippen molar-refractivity contribution in [2.24, 2.45) is 7.05 Å². The van der Waals surface area contributed by atoms with Crippen molar-refractivity contribution in [2.45, 2.75) is 32.8 Å². The lowest BCUT2D eigenvalue weighted by molar-refractivity contribution is -0.660. The number of nitrogens with zero attached hydrogens (tertiary/aromatic N) is 1. The Labute approximate surface area is 175 Å². The molecule has 0 fully saturated rings. The third kappa shape index (κ3) is 2.29. The molecule has 2 atom stereocenters. The second-order valence-corrected chi connectivity index (χ2v) is 8.60. The molecule has 0 amide bonds. The van der Waals surface area contributed by atoms with E-state index in [1.54, 1.807) is 0 Å². The molecule has 1 aliphatic carbocycles. The molecule has 3 heteroatoms. The molecule has 6 rings (SSSR count). The van der Waals surface area contributed by atoms with E-state index in [9.17, 15) is 0 Å². The number of aryl methyl sites for hydroxylation is 4. The van der Waals surface area contributed by atoms with Crippen LogP contribution < -0.4 is 9.30 Å². The van der Waals surface area contributed by atoms with E-state index < -0.39 is 0 Å². The van der Waals surface area contributed by atoms with Gasteiger partial charge in [-0.3, -0.25) is 0 Å². The van der Waals surface area contributed by atoms with Gasteiger partial charge in [-0.05, 0) is 50.1 Å². The van der Waals surface area contributed by atoms with Crippen LogP contribution in [0.25, 0.3) is 33.2 Å². The SMILES string of the molecule is Cc1cc(-c2c(C)ccc3c2oc2c4c(ccc23)OC2C=CC=CC42)[n+](C)cc1C. The van der Waals surface area contributed by atoms with Crippen LogP contribution in [-0.4, -0.2) is 6.10 Å². The van der Waals surface area contributed by atoms with Gasteiger partial charge in [0.15, 0.2) is 6.20 Å². The Morgan fingerprint density at radius 2 is 1.60 bits per heavy atom. The smallest absolute Gasteiger partial charge is 0.216 e. The highest BCUT2D eigenvalue weighted by atomic mass is 16.5. The van der Waals surface area contributed by atoms with Gasteiger partial charge in [-0.2, -0.15) is 0 Å². The maximum absolute atomic E-state index is 6.68. The van der Waals surface area contributed by atoms with Crippen LogP contribution >= 0.6 is 0 Å². The van der Waals surface area contributed by atoms with Crippen LogP contribution in [0.3, 0.4) is 0 Å². The zero-order valence-corrected chi connectivity index (χ0v) is 17.7. The fraction of sp³-hybridized carbons (Fsp3) is 0.222. The largest absolute Gasteiger partial charge is 0.485 e. The summed E-state index contributed by atoms with van der Waals surface area (Å²) < 4.78 is 15.1. The molecule has 148 valence electrons. The molecule has 30 heavy (non-hydrogen) atoms. The van der Waals surface area contributed by atoms with E-state index in [1.807, 2.05) is 0 Å². The fourth-order valence-corrected chi connectivity index (χ4v) is 4.98. The highest BCUT2D eigenvalue weighted by molar-refractivity contribution is 6.11. The molecule has 0 saturated heterocycles. The molecule has 2 unspecified atom stereocenters. The lowest BCUT2D eigenvalue weighted by atomic mass is 9.91. The average molecular weight is 394 g/mol.